The second-order valence-electron chi connectivity index (χ2n) is 7.95. The normalized spacial score (nSPS) is 15.3. The zero-order chi connectivity index (χ0) is 23.8. The van der Waals surface area contributed by atoms with Gasteiger partial charge in [0, 0.05) is 33.8 Å². The summed E-state index contributed by atoms with van der Waals surface area (Å²) in [4.78, 5) is 29.9. The lowest BCUT2D eigenvalue weighted by atomic mass is 10.2. The van der Waals surface area contributed by atoms with E-state index in [0.717, 1.165) is 17.5 Å². The minimum atomic E-state index is -0.695. The van der Waals surface area contributed by atoms with Crippen molar-refractivity contribution in [2.24, 2.45) is 0 Å². The fourth-order valence-corrected chi connectivity index (χ4v) is 3.66. The molecule has 1 atom stereocenters. The first kappa shape index (κ1) is 24.1. The van der Waals surface area contributed by atoms with Crippen LogP contribution in [0.4, 0.5) is 0 Å². The quantitative estimate of drug-likeness (QED) is 0.508. The standard InChI is InChI=1S/C25H32N4O4/c1-4-19-12-8-13-21(16-19)33-25-26-23(28(3)18-31)22(24(32)27(2)14-9-15-30)29(25)17-20-10-6-5-7-11-20/h5-8,10-13,16,18,25-26,30H,4,9,14-15,17H2,1-3H3. The van der Waals surface area contributed by atoms with Gasteiger partial charge >= 0.3 is 0 Å². The molecule has 1 heterocycles. The van der Waals surface area contributed by atoms with Gasteiger partial charge in [0.15, 0.2) is 0 Å². The molecule has 0 saturated carbocycles. The van der Waals surface area contributed by atoms with E-state index in [4.69, 9.17) is 4.74 Å². The lowest BCUT2D eigenvalue weighted by Crippen LogP contribution is -2.44. The van der Waals surface area contributed by atoms with Crippen LogP contribution in [0.2, 0.25) is 0 Å². The van der Waals surface area contributed by atoms with E-state index < -0.39 is 6.35 Å². The Balaban J connectivity index is 1.99. The Morgan fingerprint density at radius 1 is 1.15 bits per heavy atom. The van der Waals surface area contributed by atoms with Crippen LogP contribution in [0.25, 0.3) is 0 Å². The van der Waals surface area contributed by atoms with Gasteiger partial charge < -0.3 is 29.9 Å². The van der Waals surface area contributed by atoms with Crippen LogP contribution in [0.5, 0.6) is 5.75 Å². The number of aliphatic hydroxyl groups excluding tert-OH is 1. The summed E-state index contributed by atoms with van der Waals surface area (Å²) in [7, 11) is 3.28. The number of carbonyl (C=O) groups excluding carboxylic acids is 2. The topological polar surface area (TPSA) is 85.3 Å². The molecule has 0 radical (unpaired) electrons. The predicted molar refractivity (Wildman–Crippen MR) is 126 cm³/mol. The fraction of sp³-hybridized carbons (Fsp3) is 0.360. The summed E-state index contributed by atoms with van der Waals surface area (Å²) in [6.45, 7) is 2.85. The van der Waals surface area contributed by atoms with Crippen molar-refractivity contribution in [1.29, 1.82) is 0 Å². The molecule has 8 nitrogen and oxygen atoms in total. The van der Waals surface area contributed by atoms with Crippen molar-refractivity contribution < 1.29 is 19.4 Å². The number of ether oxygens (including phenoxy) is 1. The van der Waals surface area contributed by atoms with Gasteiger partial charge in [0.1, 0.15) is 17.3 Å². The fourth-order valence-electron chi connectivity index (χ4n) is 3.66. The number of aryl methyl sites for hydroxylation is 1. The molecule has 33 heavy (non-hydrogen) atoms. The molecule has 0 aliphatic carbocycles. The first-order valence-corrected chi connectivity index (χ1v) is 11.1. The van der Waals surface area contributed by atoms with E-state index in [1.54, 1.807) is 19.0 Å². The zero-order valence-electron chi connectivity index (χ0n) is 19.4. The van der Waals surface area contributed by atoms with Crippen molar-refractivity contribution in [3.63, 3.8) is 0 Å². The van der Waals surface area contributed by atoms with E-state index in [0.29, 0.717) is 43.2 Å². The molecule has 2 N–H and O–H groups in total. The Kier molecular flexibility index (Phi) is 8.32. The smallest absolute Gasteiger partial charge is 0.273 e. The van der Waals surface area contributed by atoms with E-state index in [1.165, 1.54) is 4.90 Å². The van der Waals surface area contributed by atoms with E-state index in [1.807, 2.05) is 59.5 Å². The molecule has 0 saturated heterocycles. The van der Waals surface area contributed by atoms with E-state index in [9.17, 15) is 14.7 Å². The van der Waals surface area contributed by atoms with Crippen LogP contribution in [0.15, 0.2) is 66.1 Å². The summed E-state index contributed by atoms with van der Waals surface area (Å²) in [5.74, 6) is 0.780. The van der Waals surface area contributed by atoms with Crippen LogP contribution in [0.3, 0.4) is 0 Å². The van der Waals surface area contributed by atoms with Crippen molar-refractivity contribution in [2.45, 2.75) is 32.7 Å². The van der Waals surface area contributed by atoms with E-state index in [2.05, 4.69) is 12.2 Å². The summed E-state index contributed by atoms with van der Waals surface area (Å²) in [6, 6.07) is 17.6. The Hall–Kier alpha value is -3.52. The third-order valence-electron chi connectivity index (χ3n) is 5.52. The molecule has 0 aromatic heterocycles. The van der Waals surface area contributed by atoms with Gasteiger partial charge in [-0.15, -0.1) is 0 Å². The summed E-state index contributed by atoms with van der Waals surface area (Å²) in [5, 5.41) is 12.4. The number of hydrogen-bond acceptors (Lipinski definition) is 6. The Morgan fingerprint density at radius 3 is 2.55 bits per heavy atom. The number of rotatable bonds is 11. The maximum Gasteiger partial charge on any atom is 0.273 e. The van der Waals surface area contributed by atoms with Gasteiger partial charge in [0.05, 0.1) is 0 Å². The minimum Gasteiger partial charge on any atom is -0.452 e. The average molecular weight is 453 g/mol. The van der Waals surface area contributed by atoms with Gasteiger partial charge in [-0.25, -0.2) is 0 Å². The van der Waals surface area contributed by atoms with Gasteiger partial charge in [-0.2, -0.15) is 0 Å². The number of nitrogens with zero attached hydrogens (tertiary/aromatic N) is 3. The van der Waals surface area contributed by atoms with Gasteiger partial charge in [0.25, 0.3) is 12.3 Å². The van der Waals surface area contributed by atoms with Crippen LogP contribution in [0, 0.1) is 0 Å². The largest absolute Gasteiger partial charge is 0.452 e. The van der Waals surface area contributed by atoms with Crippen LogP contribution in [0.1, 0.15) is 24.5 Å². The number of likely N-dealkylation sites (N-methyl/N-ethyl adjacent to an activating group) is 1. The molecular weight excluding hydrogens is 420 g/mol. The third kappa shape index (κ3) is 5.84. The summed E-state index contributed by atoms with van der Waals surface area (Å²) in [6.07, 6.45) is 1.30. The lowest BCUT2D eigenvalue weighted by Gasteiger charge is -2.30. The molecular formula is C25H32N4O4. The molecule has 1 aliphatic rings. The Morgan fingerprint density at radius 2 is 1.88 bits per heavy atom. The van der Waals surface area contributed by atoms with E-state index in [-0.39, 0.29) is 12.5 Å². The Labute approximate surface area is 195 Å². The number of benzene rings is 2. The van der Waals surface area contributed by atoms with Crippen LogP contribution >= 0.6 is 0 Å². The molecule has 176 valence electrons. The van der Waals surface area contributed by atoms with Gasteiger partial charge in [-0.05, 0) is 36.1 Å². The highest BCUT2D eigenvalue weighted by atomic mass is 16.5. The maximum absolute atomic E-state index is 13.5. The third-order valence-corrected chi connectivity index (χ3v) is 5.52. The first-order valence-electron chi connectivity index (χ1n) is 11.1. The summed E-state index contributed by atoms with van der Waals surface area (Å²) < 4.78 is 6.29. The molecule has 8 heteroatoms. The van der Waals surface area contributed by atoms with Gasteiger partial charge in [0.2, 0.25) is 6.41 Å². The van der Waals surface area contributed by atoms with Crippen LogP contribution < -0.4 is 10.1 Å². The highest BCUT2D eigenvalue weighted by Gasteiger charge is 2.39. The highest BCUT2D eigenvalue weighted by molar-refractivity contribution is 5.94. The van der Waals surface area contributed by atoms with E-state index >= 15 is 0 Å². The number of aliphatic hydroxyl groups is 1. The van der Waals surface area contributed by atoms with Gasteiger partial charge in [-0.3, -0.25) is 9.59 Å². The van der Waals surface area contributed by atoms with Crippen LogP contribution in [-0.4, -0.2) is 65.7 Å². The van der Waals surface area contributed by atoms with Crippen molar-refractivity contribution in [1.82, 2.24) is 20.0 Å². The minimum absolute atomic E-state index is 0.0107. The van der Waals surface area contributed by atoms with Crippen molar-refractivity contribution in [3.05, 3.63) is 77.2 Å². The molecule has 0 spiro atoms. The number of amides is 2. The molecule has 2 aromatic rings. The predicted octanol–water partition coefficient (Wildman–Crippen LogP) is 2.11. The number of carbonyl (C=O) groups is 2. The second kappa shape index (κ2) is 11.4. The van der Waals surface area contributed by atoms with Crippen molar-refractivity contribution in [3.8, 4) is 5.75 Å². The average Bonchev–Trinajstić information content (AvgIpc) is 3.19. The highest BCUT2D eigenvalue weighted by Crippen LogP contribution is 2.28. The SMILES string of the molecule is CCc1cccc(OC2NC(N(C)C=O)=C(C(=O)N(C)CCCO)N2Cc2ccccc2)c1. The first-order chi connectivity index (χ1) is 16.0. The zero-order valence-corrected chi connectivity index (χ0v) is 19.4. The Bertz CT molecular complexity index is 979. The maximum atomic E-state index is 13.5. The molecule has 1 unspecified atom stereocenters. The number of hydrogen-bond donors (Lipinski definition) is 2. The lowest BCUT2D eigenvalue weighted by molar-refractivity contribution is -0.128. The molecule has 2 amide bonds. The molecule has 3 rings (SSSR count). The molecule has 1 aliphatic heterocycles. The van der Waals surface area contributed by atoms with Crippen molar-refractivity contribution >= 4 is 12.3 Å². The van der Waals surface area contributed by atoms with Gasteiger partial charge in [-0.1, -0.05) is 49.4 Å². The molecule has 2 aromatic carbocycles. The number of nitrogens with one attached hydrogen (secondary N) is 1. The molecule has 0 fully saturated rings. The summed E-state index contributed by atoms with van der Waals surface area (Å²) >= 11 is 0. The summed E-state index contributed by atoms with van der Waals surface area (Å²) in [5.41, 5.74) is 2.47. The second-order valence-corrected chi connectivity index (χ2v) is 7.95. The monoisotopic (exact) mass is 452 g/mol. The van der Waals surface area contributed by atoms with Crippen molar-refractivity contribution in [2.75, 3.05) is 27.2 Å². The van der Waals surface area contributed by atoms with Crippen LogP contribution in [-0.2, 0) is 22.6 Å². The molecule has 0 bridgehead atoms.